The number of allylic oxidation sites excluding steroid dienone is 1. The highest BCUT2D eigenvalue weighted by Gasteiger charge is 1.92. The molecule has 1 aromatic heterocycles. The molecule has 0 aromatic carbocycles. The molecule has 0 atom stereocenters. The molecule has 2 nitrogen and oxygen atoms in total. The minimum absolute atomic E-state index is 1.06. The lowest BCUT2D eigenvalue weighted by Gasteiger charge is -1.87. The molecule has 48 valence electrons. The van der Waals surface area contributed by atoms with Gasteiger partial charge >= 0.3 is 0 Å². The molecule has 0 unspecified atom stereocenters. The van der Waals surface area contributed by atoms with E-state index in [1.807, 2.05) is 26.4 Å². The molecular weight excluding hydrogens is 112 g/mol. The number of aromatic nitrogens is 2. The Morgan fingerprint density at radius 2 is 2.44 bits per heavy atom. The van der Waals surface area contributed by atoms with Crippen LogP contribution in [0.4, 0.5) is 0 Å². The van der Waals surface area contributed by atoms with E-state index >= 15 is 0 Å². The molecule has 0 aliphatic carbocycles. The average molecular weight is 122 g/mol. The minimum Gasteiger partial charge on any atom is -0.275 e. The van der Waals surface area contributed by atoms with Gasteiger partial charge in [0.1, 0.15) is 0 Å². The first kappa shape index (κ1) is 6.08. The van der Waals surface area contributed by atoms with Gasteiger partial charge in [-0.15, -0.1) is 0 Å². The van der Waals surface area contributed by atoms with E-state index in [9.17, 15) is 0 Å². The van der Waals surface area contributed by atoms with Crippen LogP contribution in [0.25, 0.3) is 5.57 Å². The van der Waals surface area contributed by atoms with Gasteiger partial charge in [0.05, 0.1) is 6.20 Å². The van der Waals surface area contributed by atoms with Crippen molar-refractivity contribution in [3.63, 3.8) is 0 Å². The van der Waals surface area contributed by atoms with Crippen LogP contribution in [0.15, 0.2) is 19.0 Å². The zero-order chi connectivity index (χ0) is 6.85. The summed E-state index contributed by atoms with van der Waals surface area (Å²) < 4.78 is 1.77. The fraction of sp³-hybridized carbons (Fsp3) is 0.286. The summed E-state index contributed by atoms with van der Waals surface area (Å²) in [5.74, 6) is 0. The van der Waals surface area contributed by atoms with Gasteiger partial charge in [-0.1, -0.05) is 6.58 Å². The van der Waals surface area contributed by atoms with Crippen LogP contribution < -0.4 is 0 Å². The molecule has 0 N–H and O–H groups in total. The summed E-state index contributed by atoms with van der Waals surface area (Å²) in [5.41, 5.74) is 2.17. The first-order valence-electron chi connectivity index (χ1n) is 2.84. The lowest BCUT2D eigenvalue weighted by molar-refractivity contribution is 0.767. The number of hydrogen-bond acceptors (Lipinski definition) is 1. The van der Waals surface area contributed by atoms with Crippen LogP contribution in [-0.4, -0.2) is 9.78 Å². The largest absolute Gasteiger partial charge is 0.275 e. The highest BCUT2D eigenvalue weighted by molar-refractivity contribution is 5.59. The van der Waals surface area contributed by atoms with Gasteiger partial charge < -0.3 is 0 Å². The summed E-state index contributed by atoms with van der Waals surface area (Å²) in [6, 6.07) is 0. The van der Waals surface area contributed by atoms with Crippen molar-refractivity contribution in [1.29, 1.82) is 0 Å². The van der Waals surface area contributed by atoms with Gasteiger partial charge in [0.15, 0.2) is 0 Å². The van der Waals surface area contributed by atoms with E-state index in [1.54, 1.807) is 4.68 Å². The first-order chi connectivity index (χ1) is 4.20. The summed E-state index contributed by atoms with van der Waals surface area (Å²) in [6.45, 7) is 5.75. The Labute approximate surface area is 54.8 Å². The summed E-state index contributed by atoms with van der Waals surface area (Å²) in [4.78, 5) is 0. The standard InChI is InChI=1S/C7H10N2/c1-6(2)7-4-8-9(3)5-7/h4-5H,1H2,2-3H3. The Bertz CT molecular complexity index is 223. The number of hydrogen-bond donors (Lipinski definition) is 0. The molecule has 0 fully saturated rings. The first-order valence-corrected chi connectivity index (χ1v) is 2.84. The zero-order valence-electron chi connectivity index (χ0n) is 5.76. The third-order valence-corrected chi connectivity index (χ3v) is 1.20. The van der Waals surface area contributed by atoms with Crippen molar-refractivity contribution in [2.75, 3.05) is 0 Å². The highest BCUT2D eigenvalue weighted by Crippen LogP contribution is 2.07. The summed E-state index contributed by atoms with van der Waals surface area (Å²) in [6.07, 6.45) is 3.75. The van der Waals surface area contributed by atoms with Crippen LogP contribution in [0, 0.1) is 0 Å². The van der Waals surface area contributed by atoms with Gasteiger partial charge in [0.25, 0.3) is 0 Å². The average Bonchev–Trinajstić information content (AvgIpc) is 2.14. The molecule has 0 saturated heterocycles. The maximum atomic E-state index is 3.99. The molecule has 0 saturated carbocycles. The summed E-state index contributed by atoms with van der Waals surface area (Å²) in [7, 11) is 1.90. The van der Waals surface area contributed by atoms with Crippen LogP contribution in [0.2, 0.25) is 0 Å². The maximum absolute atomic E-state index is 3.99. The lowest BCUT2D eigenvalue weighted by Crippen LogP contribution is -1.84. The molecule has 0 amide bonds. The molecule has 1 rings (SSSR count). The predicted octanol–water partition coefficient (Wildman–Crippen LogP) is 1.45. The summed E-state index contributed by atoms with van der Waals surface area (Å²) >= 11 is 0. The SMILES string of the molecule is C=C(C)c1cnn(C)c1. The smallest absolute Gasteiger partial charge is 0.0564 e. The minimum atomic E-state index is 1.06. The second-order valence-electron chi connectivity index (χ2n) is 2.18. The quantitative estimate of drug-likeness (QED) is 0.551. The van der Waals surface area contributed by atoms with Gasteiger partial charge in [0.2, 0.25) is 0 Å². The molecule has 0 aliphatic rings. The molecule has 0 bridgehead atoms. The van der Waals surface area contributed by atoms with Crippen molar-refractivity contribution < 1.29 is 0 Å². The number of rotatable bonds is 1. The van der Waals surface area contributed by atoms with E-state index < -0.39 is 0 Å². The van der Waals surface area contributed by atoms with Gasteiger partial charge in [-0.2, -0.15) is 5.10 Å². The molecular formula is C7H10N2. The molecule has 9 heavy (non-hydrogen) atoms. The van der Waals surface area contributed by atoms with Crippen molar-refractivity contribution in [3.8, 4) is 0 Å². The fourth-order valence-corrected chi connectivity index (χ4v) is 0.642. The molecule has 0 radical (unpaired) electrons. The number of nitrogens with zero attached hydrogens (tertiary/aromatic N) is 2. The van der Waals surface area contributed by atoms with Gasteiger partial charge in [-0.25, -0.2) is 0 Å². The summed E-state index contributed by atoms with van der Waals surface area (Å²) in [5, 5.41) is 3.99. The molecule has 0 aliphatic heterocycles. The van der Waals surface area contributed by atoms with Crippen LogP contribution in [0.1, 0.15) is 12.5 Å². The zero-order valence-corrected chi connectivity index (χ0v) is 5.76. The maximum Gasteiger partial charge on any atom is 0.0564 e. The van der Waals surface area contributed by atoms with E-state index in [2.05, 4.69) is 11.7 Å². The van der Waals surface area contributed by atoms with Crippen molar-refractivity contribution in [3.05, 3.63) is 24.5 Å². The fourth-order valence-electron chi connectivity index (χ4n) is 0.642. The Hall–Kier alpha value is -1.05. The third-order valence-electron chi connectivity index (χ3n) is 1.20. The number of aryl methyl sites for hydroxylation is 1. The van der Waals surface area contributed by atoms with Crippen molar-refractivity contribution >= 4 is 5.57 Å². The van der Waals surface area contributed by atoms with Crippen LogP contribution >= 0.6 is 0 Å². The molecule has 0 spiro atoms. The molecule has 2 heteroatoms. The third kappa shape index (κ3) is 1.19. The normalized spacial score (nSPS) is 9.56. The monoisotopic (exact) mass is 122 g/mol. The van der Waals surface area contributed by atoms with Crippen molar-refractivity contribution in [1.82, 2.24) is 9.78 Å². The Morgan fingerprint density at radius 1 is 1.78 bits per heavy atom. The Morgan fingerprint density at radius 3 is 2.67 bits per heavy atom. The Balaban J connectivity index is 2.98. The van der Waals surface area contributed by atoms with Crippen LogP contribution in [0.5, 0.6) is 0 Å². The van der Waals surface area contributed by atoms with Gasteiger partial charge in [-0.05, 0) is 12.5 Å². The van der Waals surface area contributed by atoms with Gasteiger partial charge in [0, 0.05) is 18.8 Å². The van der Waals surface area contributed by atoms with Gasteiger partial charge in [-0.3, -0.25) is 4.68 Å². The van der Waals surface area contributed by atoms with E-state index in [0.717, 1.165) is 11.1 Å². The highest BCUT2D eigenvalue weighted by atomic mass is 15.2. The second kappa shape index (κ2) is 2.05. The van der Waals surface area contributed by atoms with E-state index in [0.29, 0.717) is 0 Å². The van der Waals surface area contributed by atoms with Crippen molar-refractivity contribution in [2.24, 2.45) is 7.05 Å². The van der Waals surface area contributed by atoms with E-state index in [4.69, 9.17) is 0 Å². The molecule has 1 heterocycles. The van der Waals surface area contributed by atoms with Crippen molar-refractivity contribution in [2.45, 2.75) is 6.92 Å². The van der Waals surface area contributed by atoms with Crippen LogP contribution in [-0.2, 0) is 7.05 Å². The predicted molar refractivity (Wildman–Crippen MR) is 37.9 cm³/mol. The van der Waals surface area contributed by atoms with Crippen LogP contribution in [0.3, 0.4) is 0 Å². The second-order valence-corrected chi connectivity index (χ2v) is 2.18. The topological polar surface area (TPSA) is 17.8 Å². The lowest BCUT2D eigenvalue weighted by atomic mass is 10.2. The molecule has 1 aromatic rings. The van der Waals surface area contributed by atoms with E-state index in [-0.39, 0.29) is 0 Å². The Kier molecular flexibility index (Phi) is 1.39. The van der Waals surface area contributed by atoms with E-state index in [1.165, 1.54) is 0 Å².